The molecule has 0 bridgehead atoms. The molecule has 3 heterocycles. The van der Waals surface area contributed by atoms with Crippen LogP contribution in [0.3, 0.4) is 0 Å². The first-order valence-corrected chi connectivity index (χ1v) is 9.21. The van der Waals surface area contributed by atoms with Crippen molar-refractivity contribution in [2.75, 3.05) is 19.9 Å². The summed E-state index contributed by atoms with van der Waals surface area (Å²) in [5, 5.41) is 17.2. The Hall–Kier alpha value is -2.54. The van der Waals surface area contributed by atoms with Crippen molar-refractivity contribution >= 4 is 5.97 Å². The van der Waals surface area contributed by atoms with Gasteiger partial charge in [0.2, 0.25) is 6.79 Å². The van der Waals surface area contributed by atoms with E-state index < -0.39 is 11.9 Å². The normalized spacial score (nSPS) is 22.3. The van der Waals surface area contributed by atoms with Gasteiger partial charge in [0, 0.05) is 36.7 Å². The molecule has 1 aromatic heterocycles. The number of nitrogens with one attached hydrogen (secondary N) is 1. The lowest BCUT2D eigenvalue weighted by Crippen LogP contribution is -2.23. The molecule has 1 saturated heterocycles. The fraction of sp³-hybridized carbons (Fsp3) is 0.500. The quantitative estimate of drug-likeness (QED) is 0.859. The summed E-state index contributed by atoms with van der Waals surface area (Å²) in [5.41, 5.74) is 2.99. The molecule has 7 nitrogen and oxygen atoms in total. The van der Waals surface area contributed by atoms with Crippen LogP contribution in [0.5, 0.6) is 11.5 Å². The molecule has 0 saturated carbocycles. The first-order valence-electron chi connectivity index (χ1n) is 9.21. The molecule has 2 N–H and O–H groups in total. The molecule has 1 aromatic carbocycles. The van der Waals surface area contributed by atoms with E-state index in [2.05, 4.69) is 41.9 Å². The second kappa shape index (κ2) is 6.56. The number of likely N-dealkylation sites (tertiary alicyclic amines) is 1. The van der Waals surface area contributed by atoms with E-state index in [9.17, 15) is 9.90 Å². The predicted octanol–water partition coefficient (Wildman–Crippen LogP) is 2.74. The summed E-state index contributed by atoms with van der Waals surface area (Å²) in [6, 6.07) is 7.80. The summed E-state index contributed by atoms with van der Waals surface area (Å²) in [4.78, 5) is 14.0. The van der Waals surface area contributed by atoms with E-state index in [4.69, 9.17) is 9.47 Å². The Balaban J connectivity index is 1.52. The number of carboxylic acids is 1. The van der Waals surface area contributed by atoms with Crippen molar-refractivity contribution in [3.05, 3.63) is 41.2 Å². The zero-order chi connectivity index (χ0) is 19.2. The summed E-state index contributed by atoms with van der Waals surface area (Å²) in [6.45, 7) is 8.44. The van der Waals surface area contributed by atoms with Gasteiger partial charge in [0.15, 0.2) is 11.5 Å². The predicted molar refractivity (Wildman–Crippen MR) is 99.0 cm³/mol. The zero-order valence-electron chi connectivity index (χ0n) is 15.9. The highest BCUT2D eigenvalue weighted by Gasteiger charge is 2.39. The smallest absolute Gasteiger partial charge is 0.308 e. The highest BCUT2D eigenvalue weighted by Crippen LogP contribution is 2.39. The lowest BCUT2D eigenvalue weighted by atomic mass is 9.89. The van der Waals surface area contributed by atoms with Gasteiger partial charge >= 0.3 is 5.97 Å². The molecule has 0 aliphatic carbocycles. The molecule has 27 heavy (non-hydrogen) atoms. The summed E-state index contributed by atoms with van der Waals surface area (Å²) in [6.07, 6.45) is 0. The maximum atomic E-state index is 11.8. The molecule has 2 aliphatic rings. The van der Waals surface area contributed by atoms with E-state index in [-0.39, 0.29) is 18.1 Å². The Labute approximate surface area is 158 Å². The van der Waals surface area contributed by atoms with E-state index in [1.54, 1.807) is 0 Å². The standard InChI is InChI=1S/C20H25N3O4/c1-20(2,3)18-7-13(21-22-18)8-23-9-14(15(10-23)19(24)25)12-4-5-16-17(6-12)27-11-26-16/h4-7,14-15H,8-11H2,1-3H3,(H,21,22)(H,24,25)/t14-,15+/m1/s1. The fourth-order valence-corrected chi connectivity index (χ4v) is 3.81. The molecule has 1 fully saturated rings. The van der Waals surface area contributed by atoms with Crippen LogP contribution in [0.2, 0.25) is 0 Å². The van der Waals surface area contributed by atoms with Gasteiger partial charge in [0.25, 0.3) is 0 Å². The number of hydrogen-bond donors (Lipinski definition) is 2. The van der Waals surface area contributed by atoms with E-state index in [0.717, 1.165) is 17.0 Å². The Morgan fingerprint density at radius 1 is 1.26 bits per heavy atom. The van der Waals surface area contributed by atoms with E-state index in [0.29, 0.717) is 31.1 Å². The Kier molecular flexibility index (Phi) is 4.34. The second-order valence-electron chi connectivity index (χ2n) is 8.39. The first-order chi connectivity index (χ1) is 12.8. The molecule has 7 heteroatoms. The van der Waals surface area contributed by atoms with Crippen LogP contribution in [0.15, 0.2) is 24.3 Å². The van der Waals surface area contributed by atoms with Crippen LogP contribution < -0.4 is 9.47 Å². The summed E-state index contributed by atoms with van der Waals surface area (Å²) in [7, 11) is 0. The van der Waals surface area contributed by atoms with Gasteiger partial charge in [-0.05, 0) is 23.8 Å². The van der Waals surface area contributed by atoms with Crippen LogP contribution in [0.1, 0.15) is 43.6 Å². The number of benzene rings is 1. The number of rotatable bonds is 4. The molecule has 144 valence electrons. The number of aromatic nitrogens is 2. The highest BCUT2D eigenvalue weighted by molar-refractivity contribution is 5.72. The zero-order valence-corrected chi connectivity index (χ0v) is 15.9. The van der Waals surface area contributed by atoms with Crippen LogP contribution in [-0.2, 0) is 16.8 Å². The van der Waals surface area contributed by atoms with Gasteiger partial charge in [-0.25, -0.2) is 0 Å². The van der Waals surface area contributed by atoms with Crippen molar-refractivity contribution < 1.29 is 19.4 Å². The van der Waals surface area contributed by atoms with Crippen molar-refractivity contribution in [2.45, 2.75) is 38.6 Å². The first kappa shape index (κ1) is 17.9. The third-order valence-corrected chi connectivity index (χ3v) is 5.33. The Morgan fingerprint density at radius 3 is 2.74 bits per heavy atom. The van der Waals surface area contributed by atoms with Crippen molar-refractivity contribution in [3.63, 3.8) is 0 Å². The number of aromatic amines is 1. The summed E-state index contributed by atoms with van der Waals surface area (Å²) >= 11 is 0. The largest absolute Gasteiger partial charge is 0.481 e. The number of aliphatic carboxylic acids is 1. The van der Waals surface area contributed by atoms with Gasteiger partial charge < -0.3 is 14.6 Å². The lowest BCUT2D eigenvalue weighted by molar-refractivity contribution is -0.141. The highest BCUT2D eigenvalue weighted by atomic mass is 16.7. The molecule has 0 radical (unpaired) electrons. The van der Waals surface area contributed by atoms with Crippen LogP contribution in [-0.4, -0.2) is 46.1 Å². The minimum Gasteiger partial charge on any atom is -0.481 e. The average molecular weight is 371 g/mol. The number of carbonyl (C=O) groups is 1. The molecular weight excluding hydrogens is 346 g/mol. The molecule has 2 aromatic rings. The number of nitrogens with zero attached hydrogens (tertiary/aromatic N) is 2. The van der Waals surface area contributed by atoms with Crippen molar-refractivity contribution in [1.29, 1.82) is 0 Å². The van der Waals surface area contributed by atoms with Crippen molar-refractivity contribution in [3.8, 4) is 11.5 Å². The van der Waals surface area contributed by atoms with Crippen LogP contribution in [0, 0.1) is 5.92 Å². The van der Waals surface area contributed by atoms with Crippen molar-refractivity contribution in [1.82, 2.24) is 15.1 Å². The van der Waals surface area contributed by atoms with Gasteiger partial charge in [0.05, 0.1) is 11.6 Å². The Morgan fingerprint density at radius 2 is 2.04 bits per heavy atom. The SMILES string of the molecule is CC(C)(C)c1cc(CN2C[C@H](C(=O)O)[C@@H](c3ccc4c(c3)OCO4)C2)[nH]n1. The topological polar surface area (TPSA) is 87.7 Å². The van der Waals surface area contributed by atoms with Crippen LogP contribution in [0.25, 0.3) is 0 Å². The van der Waals surface area contributed by atoms with Crippen molar-refractivity contribution in [2.24, 2.45) is 5.92 Å². The minimum absolute atomic E-state index is 0.0155. The van der Waals surface area contributed by atoms with Gasteiger partial charge in [-0.15, -0.1) is 0 Å². The number of H-pyrrole nitrogens is 1. The van der Waals surface area contributed by atoms with Crippen LogP contribution >= 0.6 is 0 Å². The van der Waals surface area contributed by atoms with E-state index >= 15 is 0 Å². The third kappa shape index (κ3) is 3.51. The fourth-order valence-electron chi connectivity index (χ4n) is 3.81. The second-order valence-corrected chi connectivity index (χ2v) is 8.39. The number of fused-ring (bicyclic) bond motifs is 1. The van der Waals surface area contributed by atoms with Crippen LogP contribution in [0.4, 0.5) is 0 Å². The molecule has 2 atom stereocenters. The van der Waals surface area contributed by atoms with Gasteiger partial charge in [0.1, 0.15) is 0 Å². The molecule has 0 spiro atoms. The van der Waals surface area contributed by atoms with E-state index in [1.807, 2.05) is 18.2 Å². The maximum Gasteiger partial charge on any atom is 0.308 e. The summed E-state index contributed by atoms with van der Waals surface area (Å²) in [5.74, 6) is 0.115. The molecule has 2 aliphatic heterocycles. The number of ether oxygens (including phenoxy) is 2. The third-order valence-electron chi connectivity index (χ3n) is 5.33. The number of hydrogen-bond acceptors (Lipinski definition) is 5. The summed E-state index contributed by atoms with van der Waals surface area (Å²) < 4.78 is 10.8. The van der Waals surface area contributed by atoms with Gasteiger partial charge in [-0.3, -0.25) is 14.8 Å². The molecule has 4 rings (SSSR count). The van der Waals surface area contributed by atoms with E-state index in [1.165, 1.54) is 0 Å². The lowest BCUT2D eigenvalue weighted by Gasteiger charge is -2.16. The van der Waals surface area contributed by atoms with Gasteiger partial charge in [-0.1, -0.05) is 26.8 Å². The number of carboxylic acid groups (broad SMARTS) is 1. The molecule has 0 unspecified atom stereocenters. The monoisotopic (exact) mass is 371 g/mol. The van der Waals surface area contributed by atoms with Gasteiger partial charge in [-0.2, -0.15) is 5.10 Å². The maximum absolute atomic E-state index is 11.8. The Bertz CT molecular complexity index is 855. The average Bonchev–Trinajstić information content (AvgIpc) is 3.32. The molecule has 0 amide bonds. The minimum atomic E-state index is -0.764. The molecular formula is C20H25N3O4.